The van der Waals surface area contributed by atoms with Crippen molar-refractivity contribution in [3.8, 4) is 0 Å². The Bertz CT molecular complexity index is 558. The van der Waals surface area contributed by atoms with E-state index in [4.69, 9.17) is 0 Å². The molecule has 0 aliphatic rings. The highest BCUT2D eigenvalue weighted by atomic mass is 32.2. The second-order valence-corrected chi connectivity index (χ2v) is 4.91. The molecular weight excluding hydrogens is 250 g/mol. The van der Waals surface area contributed by atoms with Gasteiger partial charge >= 0.3 is 0 Å². The van der Waals surface area contributed by atoms with Crippen LogP contribution in [0.1, 0.15) is 5.56 Å². The molecule has 0 fully saturated rings. The van der Waals surface area contributed by atoms with Crippen LogP contribution in [0.15, 0.2) is 73.3 Å². The van der Waals surface area contributed by atoms with E-state index >= 15 is 0 Å². The van der Waals surface area contributed by atoms with E-state index in [1.807, 2.05) is 18.2 Å². The molecule has 0 N–H and O–H groups in total. The highest BCUT2D eigenvalue weighted by Gasteiger charge is 2.17. The summed E-state index contributed by atoms with van der Waals surface area (Å²) in [6, 6.07) is 20.9. The lowest BCUT2D eigenvalue weighted by atomic mass is 10.2. The molecule has 0 unspecified atom stereocenters. The molecule has 0 saturated carbocycles. The van der Waals surface area contributed by atoms with Gasteiger partial charge in [0, 0.05) is 12.1 Å². The molecule has 0 radical (unpaired) electrons. The van der Waals surface area contributed by atoms with Crippen molar-refractivity contribution in [1.29, 1.82) is 0 Å². The van der Waals surface area contributed by atoms with Crippen LogP contribution in [0.3, 0.4) is 0 Å². The van der Waals surface area contributed by atoms with E-state index in [-0.39, 0.29) is 0 Å². The van der Waals surface area contributed by atoms with E-state index in [0.717, 1.165) is 6.54 Å². The van der Waals surface area contributed by atoms with E-state index in [2.05, 4.69) is 65.9 Å². The third-order valence-corrected chi connectivity index (χ3v) is 3.68. The molecule has 19 heavy (non-hydrogen) atoms. The molecule has 2 aromatic rings. The lowest BCUT2D eigenvalue weighted by molar-refractivity contribution is -0.424. The molecule has 0 aliphatic carbocycles. The van der Waals surface area contributed by atoms with Gasteiger partial charge in [-0.15, -0.1) is 0 Å². The molecule has 0 aliphatic heterocycles. The minimum atomic E-state index is 0.801. The number of benzene rings is 2. The molecule has 0 bridgehead atoms. The Balaban J connectivity index is 2.56. The molecule has 2 aromatic carbocycles. The Morgan fingerprint density at radius 1 is 1.05 bits per heavy atom. The molecular formula is C17H18NS+. The van der Waals surface area contributed by atoms with Crippen LogP contribution < -0.4 is 0 Å². The van der Waals surface area contributed by atoms with E-state index in [1.54, 1.807) is 11.8 Å². The predicted octanol–water partition coefficient (Wildman–Crippen LogP) is 4.33. The maximum absolute atomic E-state index is 3.87. The minimum absolute atomic E-state index is 0.801. The highest BCUT2D eigenvalue weighted by Crippen LogP contribution is 2.18. The molecule has 0 spiro atoms. The maximum Gasteiger partial charge on any atom is 0.247 e. The van der Waals surface area contributed by atoms with Crippen molar-refractivity contribution in [2.75, 3.05) is 12.8 Å². The third-order valence-electron chi connectivity index (χ3n) is 2.84. The Morgan fingerprint density at radius 3 is 2.16 bits per heavy atom. The van der Waals surface area contributed by atoms with Gasteiger partial charge in [-0.2, -0.15) is 4.58 Å². The number of nitrogens with zero attached hydrogens (tertiary/aromatic N) is 1. The average Bonchev–Trinajstić information content (AvgIpc) is 2.49. The Labute approximate surface area is 119 Å². The van der Waals surface area contributed by atoms with Crippen molar-refractivity contribution in [3.63, 3.8) is 0 Å². The van der Waals surface area contributed by atoms with Crippen LogP contribution in [0, 0.1) is 0 Å². The van der Waals surface area contributed by atoms with Gasteiger partial charge in [-0.1, -0.05) is 54.7 Å². The van der Waals surface area contributed by atoms with Crippen LogP contribution in [0.4, 0.5) is 5.69 Å². The van der Waals surface area contributed by atoms with Gasteiger partial charge in [-0.3, -0.25) is 0 Å². The summed E-state index contributed by atoms with van der Waals surface area (Å²) in [4.78, 5) is 0. The van der Waals surface area contributed by atoms with Crippen LogP contribution in [0.5, 0.6) is 0 Å². The first kappa shape index (κ1) is 13.6. The SMILES string of the molecule is C=CC[N+](=C(SC)c1ccccc1)c1ccccc1. The average molecular weight is 268 g/mol. The summed E-state index contributed by atoms with van der Waals surface area (Å²) in [6.07, 6.45) is 4.05. The van der Waals surface area contributed by atoms with Crippen LogP contribution in [0.25, 0.3) is 0 Å². The van der Waals surface area contributed by atoms with E-state index < -0.39 is 0 Å². The summed E-state index contributed by atoms with van der Waals surface area (Å²) in [7, 11) is 0. The van der Waals surface area contributed by atoms with E-state index in [1.165, 1.54) is 16.3 Å². The molecule has 2 rings (SSSR count). The van der Waals surface area contributed by atoms with Gasteiger partial charge in [-0.25, -0.2) is 0 Å². The fourth-order valence-corrected chi connectivity index (χ4v) is 2.78. The quantitative estimate of drug-likeness (QED) is 0.345. The number of para-hydroxylation sites is 1. The Morgan fingerprint density at radius 2 is 1.63 bits per heavy atom. The molecule has 0 aromatic heterocycles. The second kappa shape index (κ2) is 6.95. The molecule has 0 amide bonds. The van der Waals surface area contributed by atoms with Crippen LogP contribution in [-0.2, 0) is 0 Å². The zero-order chi connectivity index (χ0) is 13.5. The zero-order valence-corrected chi connectivity index (χ0v) is 11.9. The van der Waals surface area contributed by atoms with Crippen LogP contribution in [-0.4, -0.2) is 22.4 Å². The van der Waals surface area contributed by atoms with E-state index in [9.17, 15) is 0 Å². The maximum atomic E-state index is 3.87. The summed E-state index contributed by atoms with van der Waals surface area (Å²) >= 11 is 1.76. The van der Waals surface area contributed by atoms with Crippen LogP contribution >= 0.6 is 11.8 Å². The number of thioether (sulfide) groups is 1. The van der Waals surface area contributed by atoms with Crippen molar-refractivity contribution in [2.45, 2.75) is 0 Å². The molecule has 2 heteroatoms. The molecule has 1 nitrogen and oxygen atoms in total. The second-order valence-electron chi connectivity index (χ2n) is 4.11. The summed E-state index contributed by atoms with van der Waals surface area (Å²) in [5, 5.41) is 1.24. The molecule has 0 saturated heterocycles. The first-order chi connectivity index (χ1) is 9.36. The van der Waals surface area contributed by atoms with Gasteiger partial charge < -0.3 is 0 Å². The summed E-state index contributed by atoms with van der Waals surface area (Å²) in [6.45, 7) is 4.67. The number of rotatable bonds is 4. The zero-order valence-electron chi connectivity index (χ0n) is 11.1. The molecule has 0 atom stereocenters. The van der Waals surface area contributed by atoms with Gasteiger partial charge in [0.05, 0.1) is 5.56 Å². The monoisotopic (exact) mass is 268 g/mol. The summed E-state index contributed by atoms with van der Waals surface area (Å²) in [5.41, 5.74) is 2.43. The van der Waals surface area contributed by atoms with Gasteiger partial charge in [-0.05, 0) is 24.5 Å². The molecule has 0 heterocycles. The van der Waals surface area contributed by atoms with Crippen LogP contribution in [0.2, 0.25) is 0 Å². The predicted molar refractivity (Wildman–Crippen MR) is 85.5 cm³/mol. The lowest BCUT2D eigenvalue weighted by Crippen LogP contribution is -2.15. The van der Waals surface area contributed by atoms with Gasteiger partial charge in [0.25, 0.3) is 0 Å². The van der Waals surface area contributed by atoms with Crippen molar-refractivity contribution in [2.24, 2.45) is 0 Å². The number of hydrogen-bond acceptors (Lipinski definition) is 1. The summed E-state index contributed by atoms with van der Waals surface area (Å²) in [5.74, 6) is 0. The fourth-order valence-electron chi connectivity index (χ4n) is 2.01. The minimum Gasteiger partial charge on any atom is -0.182 e. The van der Waals surface area contributed by atoms with Gasteiger partial charge in [0.2, 0.25) is 10.7 Å². The fraction of sp³-hybridized carbons (Fsp3) is 0.118. The smallest absolute Gasteiger partial charge is 0.182 e. The van der Waals surface area contributed by atoms with Gasteiger partial charge in [0.1, 0.15) is 0 Å². The van der Waals surface area contributed by atoms with Crippen molar-refractivity contribution >= 4 is 22.5 Å². The summed E-state index contributed by atoms with van der Waals surface area (Å²) < 4.78 is 2.28. The largest absolute Gasteiger partial charge is 0.247 e. The van der Waals surface area contributed by atoms with Gasteiger partial charge in [0.15, 0.2) is 6.54 Å². The Kier molecular flexibility index (Phi) is 4.99. The Hall–Kier alpha value is -1.80. The van der Waals surface area contributed by atoms with Crippen molar-refractivity contribution in [1.82, 2.24) is 0 Å². The lowest BCUT2D eigenvalue weighted by Gasteiger charge is -2.07. The number of hydrogen-bond donors (Lipinski definition) is 0. The standard InChI is InChI=1S/C17H18NS/c1-3-14-18(16-12-8-5-9-13-16)17(19-2)15-10-6-4-7-11-15/h3-13H,1,14H2,2H3/q+1. The van der Waals surface area contributed by atoms with E-state index in [0.29, 0.717) is 0 Å². The first-order valence-electron chi connectivity index (χ1n) is 6.26. The third kappa shape index (κ3) is 3.36. The topological polar surface area (TPSA) is 3.01 Å². The highest BCUT2D eigenvalue weighted by molar-refractivity contribution is 8.13. The van der Waals surface area contributed by atoms with Crippen molar-refractivity contribution < 1.29 is 4.58 Å². The normalized spacial score (nSPS) is 11.8. The first-order valence-corrected chi connectivity index (χ1v) is 7.49. The molecule has 96 valence electrons. The van der Waals surface area contributed by atoms with Crippen molar-refractivity contribution in [3.05, 3.63) is 78.9 Å².